The molecule has 1 heterocycles. The van der Waals surface area contributed by atoms with Crippen molar-refractivity contribution in [3.05, 3.63) is 54.2 Å². The Bertz CT molecular complexity index is 551. The van der Waals surface area contributed by atoms with Crippen molar-refractivity contribution in [1.82, 2.24) is 4.98 Å². The summed E-state index contributed by atoms with van der Waals surface area (Å²) in [4.78, 5) is 6.43. The molecule has 0 fully saturated rings. The molecule has 1 aromatic carbocycles. The first-order valence-electron chi connectivity index (χ1n) is 6.02. The minimum atomic E-state index is 0.0572. The van der Waals surface area contributed by atoms with Crippen LogP contribution >= 0.6 is 0 Å². The second-order valence-electron chi connectivity index (χ2n) is 3.97. The number of aromatic nitrogens is 1. The van der Waals surface area contributed by atoms with Gasteiger partial charge in [-0.3, -0.25) is 0 Å². The van der Waals surface area contributed by atoms with Crippen LogP contribution in [0.3, 0.4) is 0 Å². The predicted octanol–water partition coefficient (Wildman–Crippen LogP) is 2.33. The second-order valence-corrected chi connectivity index (χ2v) is 3.97. The van der Waals surface area contributed by atoms with Gasteiger partial charge in [0.1, 0.15) is 5.82 Å². The van der Waals surface area contributed by atoms with Gasteiger partial charge in [0, 0.05) is 24.0 Å². The van der Waals surface area contributed by atoms with E-state index in [2.05, 4.69) is 22.0 Å². The van der Waals surface area contributed by atoms with Crippen molar-refractivity contribution in [1.29, 1.82) is 0 Å². The summed E-state index contributed by atoms with van der Waals surface area (Å²) >= 11 is 0. The van der Waals surface area contributed by atoms with E-state index in [4.69, 9.17) is 10.9 Å². The molecular weight excluding hydrogens is 240 g/mol. The SMILES string of the molecule is CCN(c1ccccc1)c1ccc(/C(N)=N/O)cn1. The Hall–Kier alpha value is -2.56. The van der Waals surface area contributed by atoms with Crippen molar-refractivity contribution in [3.63, 3.8) is 0 Å². The minimum absolute atomic E-state index is 0.0572. The zero-order valence-electron chi connectivity index (χ0n) is 10.7. The smallest absolute Gasteiger partial charge is 0.171 e. The van der Waals surface area contributed by atoms with Crippen LogP contribution in [0.4, 0.5) is 11.5 Å². The fourth-order valence-electron chi connectivity index (χ4n) is 1.84. The summed E-state index contributed by atoms with van der Waals surface area (Å²) in [6, 6.07) is 13.6. The molecular formula is C14H16N4O. The summed E-state index contributed by atoms with van der Waals surface area (Å²) in [6.45, 7) is 2.87. The molecule has 19 heavy (non-hydrogen) atoms. The molecule has 0 bridgehead atoms. The van der Waals surface area contributed by atoms with Crippen LogP contribution in [0.1, 0.15) is 12.5 Å². The van der Waals surface area contributed by atoms with Crippen molar-refractivity contribution in [2.75, 3.05) is 11.4 Å². The Morgan fingerprint density at radius 2 is 2.00 bits per heavy atom. The Kier molecular flexibility index (Phi) is 3.97. The maximum absolute atomic E-state index is 8.62. The molecule has 0 saturated carbocycles. The average Bonchev–Trinajstić information content (AvgIpc) is 2.49. The average molecular weight is 256 g/mol. The number of anilines is 2. The number of rotatable bonds is 4. The third-order valence-corrected chi connectivity index (χ3v) is 2.81. The molecule has 0 amide bonds. The molecule has 0 unspecified atom stereocenters. The van der Waals surface area contributed by atoms with Crippen molar-refractivity contribution < 1.29 is 5.21 Å². The molecule has 0 aliphatic rings. The van der Waals surface area contributed by atoms with E-state index in [0.717, 1.165) is 18.1 Å². The lowest BCUT2D eigenvalue weighted by Gasteiger charge is -2.22. The van der Waals surface area contributed by atoms with Crippen molar-refractivity contribution in [3.8, 4) is 0 Å². The number of nitrogens with two attached hydrogens (primary N) is 1. The van der Waals surface area contributed by atoms with Gasteiger partial charge in [0.2, 0.25) is 0 Å². The summed E-state index contributed by atoms with van der Waals surface area (Å²) in [6.07, 6.45) is 1.59. The number of para-hydroxylation sites is 1. The number of pyridine rings is 1. The topological polar surface area (TPSA) is 74.7 Å². The van der Waals surface area contributed by atoms with Crippen LogP contribution in [0, 0.1) is 0 Å². The first-order chi connectivity index (χ1) is 9.26. The summed E-state index contributed by atoms with van der Waals surface area (Å²) in [5, 5.41) is 11.6. The third kappa shape index (κ3) is 2.82. The van der Waals surface area contributed by atoms with Crippen LogP contribution < -0.4 is 10.6 Å². The number of oxime groups is 1. The maximum Gasteiger partial charge on any atom is 0.171 e. The molecule has 5 nitrogen and oxygen atoms in total. The van der Waals surface area contributed by atoms with Crippen LogP contribution in [-0.4, -0.2) is 22.6 Å². The molecule has 2 rings (SSSR count). The number of benzene rings is 1. The Morgan fingerprint density at radius 1 is 1.26 bits per heavy atom. The lowest BCUT2D eigenvalue weighted by molar-refractivity contribution is 0.318. The van der Waals surface area contributed by atoms with Gasteiger partial charge in [-0.1, -0.05) is 23.4 Å². The highest BCUT2D eigenvalue weighted by molar-refractivity contribution is 5.96. The molecule has 0 spiro atoms. The molecule has 2 aromatic rings. The van der Waals surface area contributed by atoms with Gasteiger partial charge < -0.3 is 15.8 Å². The zero-order chi connectivity index (χ0) is 13.7. The van der Waals surface area contributed by atoms with E-state index in [1.165, 1.54) is 0 Å². The lowest BCUT2D eigenvalue weighted by Crippen LogP contribution is -2.18. The number of hydrogen-bond donors (Lipinski definition) is 2. The molecule has 0 aliphatic heterocycles. The van der Waals surface area contributed by atoms with E-state index in [9.17, 15) is 0 Å². The highest BCUT2D eigenvalue weighted by atomic mass is 16.4. The highest BCUT2D eigenvalue weighted by Gasteiger charge is 2.08. The van der Waals surface area contributed by atoms with Crippen LogP contribution in [0.25, 0.3) is 0 Å². The van der Waals surface area contributed by atoms with Gasteiger partial charge in [0.15, 0.2) is 5.84 Å². The first-order valence-corrected chi connectivity index (χ1v) is 6.02. The number of hydrogen-bond acceptors (Lipinski definition) is 4. The summed E-state index contributed by atoms with van der Waals surface area (Å²) in [7, 11) is 0. The van der Waals surface area contributed by atoms with Gasteiger partial charge in [0.05, 0.1) is 0 Å². The Morgan fingerprint density at radius 3 is 2.53 bits per heavy atom. The summed E-state index contributed by atoms with van der Waals surface area (Å²) in [5.74, 6) is 0.880. The lowest BCUT2D eigenvalue weighted by atomic mass is 10.2. The summed E-state index contributed by atoms with van der Waals surface area (Å²) < 4.78 is 0. The van der Waals surface area contributed by atoms with E-state index in [1.54, 1.807) is 12.3 Å². The van der Waals surface area contributed by atoms with E-state index in [1.807, 2.05) is 36.4 Å². The van der Waals surface area contributed by atoms with E-state index >= 15 is 0 Å². The predicted molar refractivity (Wildman–Crippen MR) is 75.9 cm³/mol. The molecule has 5 heteroatoms. The first kappa shape index (κ1) is 12.9. The summed E-state index contributed by atoms with van der Waals surface area (Å²) in [5.41, 5.74) is 7.18. The Labute approximate surface area is 112 Å². The number of amidine groups is 1. The van der Waals surface area contributed by atoms with Gasteiger partial charge in [-0.15, -0.1) is 0 Å². The van der Waals surface area contributed by atoms with Crippen molar-refractivity contribution in [2.45, 2.75) is 6.92 Å². The largest absolute Gasteiger partial charge is 0.409 e. The van der Waals surface area contributed by atoms with Crippen LogP contribution in [0.5, 0.6) is 0 Å². The molecule has 1 aromatic heterocycles. The standard InChI is InChI=1S/C14H16N4O/c1-2-18(12-6-4-3-5-7-12)13-9-8-11(10-16-13)14(15)17-19/h3-10,19H,2H2,1H3,(H2,15,17). The Balaban J connectivity index is 2.30. The van der Waals surface area contributed by atoms with Crippen molar-refractivity contribution >= 4 is 17.3 Å². The molecule has 98 valence electrons. The molecule has 0 radical (unpaired) electrons. The molecule has 0 aliphatic carbocycles. The van der Waals surface area contributed by atoms with Crippen LogP contribution in [0.2, 0.25) is 0 Å². The van der Waals surface area contributed by atoms with Gasteiger partial charge >= 0.3 is 0 Å². The normalized spacial score (nSPS) is 11.3. The van der Waals surface area contributed by atoms with E-state index in [-0.39, 0.29) is 5.84 Å². The minimum Gasteiger partial charge on any atom is -0.409 e. The maximum atomic E-state index is 8.62. The molecule has 3 N–H and O–H groups in total. The van der Waals surface area contributed by atoms with Gasteiger partial charge in [-0.2, -0.15) is 0 Å². The fourth-order valence-corrected chi connectivity index (χ4v) is 1.84. The van der Waals surface area contributed by atoms with Gasteiger partial charge in [-0.25, -0.2) is 4.98 Å². The van der Waals surface area contributed by atoms with E-state index < -0.39 is 0 Å². The highest BCUT2D eigenvalue weighted by Crippen LogP contribution is 2.22. The number of nitrogens with zero attached hydrogens (tertiary/aromatic N) is 3. The zero-order valence-corrected chi connectivity index (χ0v) is 10.7. The quantitative estimate of drug-likeness (QED) is 0.381. The monoisotopic (exact) mass is 256 g/mol. The second kappa shape index (κ2) is 5.86. The van der Waals surface area contributed by atoms with Crippen LogP contribution in [-0.2, 0) is 0 Å². The molecule has 0 saturated heterocycles. The third-order valence-electron chi connectivity index (χ3n) is 2.81. The van der Waals surface area contributed by atoms with Gasteiger partial charge in [-0.05, 0) is 31.2 Å². The van der Waals surface area contributed by atoms with E-state index in [0.29, 0.717) is 5.56 Å². The van der Waals surface area contributed by atoms with Crippen molar-refractivity contribution in [2.24, 2.45) is 10.9 Å². The fraction of sp³-hybridized carbons (Fsp3) is 0.143. The van der Waals surface area contributed by atoms with Crippen LogP contribution in [0.15, 0.2) is 53.8 Å². The molecule has 0 atom stereocenters. The van der Waals surface area contributed by atoms with Gasteiger partial charge in [0.25, 0.3) is 0 Å².